The number of carbonyl (C=O) groups is 1. The van der Waals surface area contributed by atoms with Gasteiger partial charge in [-0.3, -0.25) is 4.79 Å². The lowest BCUT2D eigenvalue weighted by Gasteiger charge is -2.09. The van der Waals surface area contributed by atoms with Crippen LogP contribution in [0.3, 0.4) is 0 Å². The summed E-state index contributed by atoms with van der Waals surface area (Å²) in [7, 11) is 0. The average molecular weight is 319 g/mol. The maximum atomic E-state index is 11.6. The molecule has 0 saturated carbocycles. The van der Waals surface area contributed by atoms with Gasteiger partial charge in [-0.15, -0.1) is 11.3 Å². The molecule has 0 spiro atoms. The monoisotopic (exact) mass is 319 g/mol. The van der Waals surface area contributed by atoms with Crippen molar-refractivity contribution in [1.82, 2.24) is 4.98 Å². The molecule has 0 aliphatic heterocycles. The van der Waals surface area contributed by atoms with E-state index >= 15 is 0 Å². The van der Waals surface area contributed by atoms with Crippen molar-refractivity contribution in [3.8, 4) is 17.0 Å². The van der Waals surface area contributed by atoms with Crippen molar-refractivity contribution < 1.29 is 9.53 Å². The summed E-state index contributed by atoms with van der Waals surface area (Å²) in [4.78, 5) is 16.1. The molecule has 22 heavy (non-hydrogen) atoms. The molecule has 2 aromatic rings. The topological polar surface area (TPSA) is 77.2 Å². The number of hydrogen-bond acceptors (Lipinski definition) is 5. The number of carbonyl (C=O) groups excluding carboxylic acids is 1. The van der Waals surface area contributed by atoms with Crippen LogP contribution < -0.4 is 15.8 Å². The van der Waals surface area contributed by atoms with Gasteiger partial charge in [0.2, 0.25) is 5.91 Å². The normalized spacial score (nSPS) is 10.7. The quantitative estimate of drug-likeness (QED) is 0.821. The number of aromatic nitrogens is 1. The molecule has 1 aromatic heterocycles. The third-order valence-electron chi connectivity index (χ3n) is 2.88. The Morgan fingerprint density at radius 2 is 2.09 bits per heavy atom. The zero-order chi connectivity index (χ0) is 15.9. The van der Waals surface area contributed by atoms with E-state index < -0.39 is 0 Å². The highest BCUT2D eigenvalue weighted by atomic mass is 32.1. The van der Waals surface area contributed by atoms with Crippen LogP contribution in [0.5, 0.6) is 5.75 Å². The van der Waals surface area contributed by atoms with Crippen LogP contribution in [0, 0.1) is 0 Å². The van der Waals surface area contributed by atoms with Crippen molar-refractivity contribution in [2.75, 3.05) is 11.9 Å². The molecule has 6 heteroatoms. The highest BCUT2D eigenvalue weighted by molar-refractivity contribution is 7.14. The van der Waals surface area contributed by atoms with E-state index in [1.165, 1.54) is 11.3 Å². The minimum absolute atomic E-state index is 0.0490. The van der Waals surface area contributed by atoms with Crippen LogP contribution in [0.1, 0.15) is 26.7 Å². The minimum Gasteiger partial charge on any atom is -0.491 e. The molecule has 5 nitrogen and oxygen atoms in total. The third-order valence-corrected chi connectivity index (χ3v) is 3.64. The number of thiazole rings is 1. The fourth-order valence-corrected chi connectivity index (χ4v) is 2.62. The lowest BCUT2D eigenvalue weighted by Crippen LogP contribution is -2.13. The number of amides is 1. The van der Waals surface area contributed by atoms with E-state index in [-0.39, 0.29) is 12.0 Å². The largest absolute Gasteiger partial charge is 0.491 e. The van der Waals surface area contributed by atoms with Crippen molar-refractivity contribution in [3.05, 3.63) is 29.6 Å². The van der Waals surface area contributed by atoms with E-state index in [0.29, 0.717) is 24.5 Å². The highest BCUT2D eigenvalue weighted by Crippen LogP contribution is 2.26. The second-order valence-electron chi connectivity index (χ2n) is 5.17. The number of rotatable bonds is 7. The lowest BCUT2D eigenvalue weighted by molar-refractivity contribution is -0.116. The van der Waals surface area contributed by atoms with Crippen molar-refractivity contribution in [1.29, 1.82) is 0 Å². The van der Waals surface area contributed by atoms with Crippen molar-refractivity contribution >= 4 is 22.4 Å². The van der Waals surface area contributed by atoms with Crippen molar-refractivity contribution in [3.63, 3.8) is 0 Å². The summed E-state index contributed by atoms with van der Waals surface area (Å²) in [5, 5.41) is 5.33. The standard InChI is InChI=1S/C16H21N3O2S/c1-11(2)21-13-7-5-12(6-8-13)14-10-22-16(18-14)19-15(20)4-3-9-17/h5-8,10-11H,3-4,9,17H2,1-2H3,(H,18,19,20). The first-order chi connectivity index (χ1) is 10.6. The molecule has 0 saturated heterocycles. The average Bonchev–Trinajstić information content (AvgIpc) is 2.93. The Hall–Kier alpha value is -1.92. The van der Waals surface area contributed by atoms with E-state index in [1.54, 1.807) is 0 Å². The summed E-state index contributed by atoms with van der Waals surface area (Å²) in [5.41, 5.74) is 7.23. The molecule has 0 atom stereocenters. The molecule has 1 heterocycles. The highest BCUT2D eigenvalue weighted by Gasteiger charge is 2.08. The molecular weight excluding hydrogens is 298 g/mol. The van der Waals surface area contributed by atoms with E-state index in [9.17, 15) is 4.79 Å². The molecule has 118 valence electrons. The summed E-state index contributed by atoms with van der Waals surface area (Å²) in [6.45, 7) is 4.50. The number of nitrogens with one attached hydrogen (secondary N) is 1. The van der Waals surface area contributed by atoms with Crippen molar-refractivity contribution in [2.45, 2.75) is 32.8 Å². The Balaban J connectivity index is 2.00. The molecule has 1 amide bonds. The molecule has 0 radical (unpaired) electrons. The lowest BCUT2D eigenvalue weighted by atomic mass is 10.2. The summed E-state index contributed by atoms with van der Waals surface area (Å²) < 4.78 is 5.62. The van der Waals surface area contributed by atoms with E-state index in [0.717, 1.165) is 17.0 Å². The molecule has 0 aliphatic carbocycles. The van der Waals surface area contributed by atoms with Crippen LogP contribution in [-0.4, -0.2) is 23.5 Å². The molecule has 1 aromatic carbocycles. The fraction of sp³-hybridized carbons (Fsp3) is 0.375. The Morgan fingerprint density at radius 3 is 2.73 bits per heavy atom. The van der Waals surface area contributed by atoms with Gasteiger partial charge in [-0.1, -0.05) is 0 Å². The van der Waals surface area contributed by atoms with Gasteiger partial charge in [0, 0.05) is 17.4 Å². The molecular formula is C16H21N3O2S. The smallest absolute Gasteiger partial charge is 0.226 e. The van der Waals surface area contributed by atoms with Crippen LogP contribution in [-0.2, 0) is 4.79 Å². The predicted molar refractivity (Wildman–Crippen MR) is 90.2 cm³/mol. The summed E-state index contributed by atoms with van der Waals surface area (Å²) in [5.74, 6) is 0.788. The summed E-state index contributed by atoms with van der Waals surface area (Å²) in [6.07, 6.45) is 1.26. The van der Waals surface area contributed by atoms with Gasteiger partial charge in [0.25, 0.3) is 0 Å². The molecule has 3 N–H and O–H groups in total. The number of benzene rings is 1. The Labute approximate surface area is 134 Å². The fourth-order valence-electron chi connectivity index (χ4n) is 1.88. The zero-order valence-corrected chi connectivity index (χ0v) is 13.7. The van der Waals surface area contributed by atoms with Crippen LogP contribution in [0.2, 0.25) is 0 Å². The Bertz CT molecular complexity index is 608. The Morgan fingerprint density at radius 1 is 1.36 bits per heavy atom. The maximum absolute atomic E-state index is 11.6. The first kappa shape index (κ1) is 16.5. The van der Waals surface area contributed by atoms with Crippen LogP contribution in [0.15, 0.2) is 29.6 Å². The van der Waals surface area contributed by atoms with Crippen LogP contribution in [0.25, 0.3) is 11.3 Å². The number of nitrogens with zero attached hydrogens (tertiary/aromatic N) is 1. The first-order valence-electron chi connectivity index (χ1n) is 7.31. The van der Waals surface area contributed by atoms with Gasteiger partial charge >= 0.3 is 0 Å². The van der Waals surface area contributed by atoms with Gasteiger partial charge in [-0.2, -0.15) is 0 Å². The van der Waals surface area contributed by atoms with Gasteiger partial charge in [0.05, 0.1) is 11.8 Å². The number of ether oxygens (including phenoxy) is 1. The first-order valence-corrected chi connectivity index (χ1v) is 8.19. The molecule has 0 bridgehead atoms. The second-order valence-corrected chi connectivity index (χ2v) is 6.03. The zero-order valence-electron chi connectivity index (χ0n) is 12.8. The van der Waals surface area contributed by atoms with Crippen LogP contribution in [0.4, 0.5) is 5.13 Å². The van der Waals surface area contributed by atoms with E-state index in [2.05, 4.69) is 10.3 Å². The SMILES string of the molecule is CC(C)Oc1ccc(-c2csc(NC(=O)CCCN)n2)cc1. The van der Waals surface area contributed by atoms with E-state index in [1.807, 2.05) is 43.5 Å². The predicted octanol–water partition coefficient (Wildman–Crippen LogP) is 3.27. The molecule has 0 fully saturated rings. The summed E-state index contributed by atoms with van der Waals surface area (Å²) >= 11 is 1.42. The molecule has 0 aliphatic rings. The third kappa shape index (κ3) is 4.82. The second kappa shape index (κ2) is 7.91. The van der Waals surface area contributed by atoms with Gasteiger partial charge in [0.15, 0.2) is 5.13 Å². The number of nitrogens with two attached hydrogens (primary N) is 1. The maximum Gasteiger partial charge on any atom is 0.226 e. The van der Waals surface area contributed by atoms with Gasteiger partial charge < -0.3 is 15.8 Å². The number of anilines is 1. The summed E-state index contributed by atoms with van der Waals surface area (Å²) in [6, 6.07) is 7.78. The van der Waals surface area contributed by atoms with Crippen molar-refractivity contribution in [2.24, 2.45) is 5.73 Å². The van der Waals surface area contributed by atoms with E-state index in [4.69, 9.17) is 10.5 Å². The van der Waals surface area contributed by atoms with Gasteiger partial charge in [-0.25, -0.2) is 4.98 Å². The van der Waals surface area contributed by atoms with Gasteiger partial charge in [0.1, 0.15) is 5.75 Å². The number of hydrogen-bond donors (Lipinski definition) is 2. The molecule has 2 rings (SSSR count). The minimum atomic E-state index is -0.0490. The molecule has 0 unspecified atom stereocenters. The Kier molecular flexibility index (Phi) is 5.91. The van der Waals surface area contributed by atoms with Gasteiger partial charge in [-0.05, 0) is 51.1 Å². The van der Waals surface area contributed by atoms with Crippen LogP contribution >= 0.6 is 11.3 Å².